The van der Waals surface area contributed by atoms with Crippen LogP contribution in [0.5, 0.6) is 0 Å². The molecule has 0 amide bonds. The minimum atomic E-state index is -0.900. The highest BCUT2D eigenvalue weighted by Crippen LogP contribution is 2.17. The topological polar surface area (TPSA) is 55.1 Å². The first kappa shape index (κ1) is 9.77. The molecule has 0 spiro atoms. The molecular formula is C9H14N2O2. The van der Waals surface area contributed by atoms with Gasteiger partial charge in [0.05, 0.1) is 5.69 Å². The number of aromatic nitrogens is 2. The maximum atomic E-state index is 10.8. The third-order valence-corrected chi connectivity index (χ3v) is 1.89. The van der Waals surface area contributed by atoms with Gasteiger partial charge in [-0.3, -0.25) is 4.68 Å². The van der Waals surface area contributed by atoms with E-state index in [1.54, 1.807) is 10.9 Å². The Balaban J connectivity index is 3.15. The summed E-state index contributed by atoms with van der Waals surface area (Å²) in [5, 5.41) is 13.1. The molecule has 4 nitrogen and oxygen atoms in total. The lowest BCUT2D eigenvalue weighted by atomic mass is 10.1. The van der Waals surface area contributed by atoms with E-state index < -0.39 is 5.97 Å². The van der Waals surface area contributed by atoms with Crippen molar-refractivity contribution in [3.8, 4) is 0 Å². The van der Waals surface area contributed by atoms with Crippen LogP contribution in [0, 0.1) is 0 Å². The van der Waals surface area contributed by atoms with E-state index in [0.29, 0.717) is 17.8 Å². The van der Waals surface area contributed by atoms with Crippen molar-refractivity contribution in [2.45, 2.75) is 33.2 Å². The molecule has 0 unspecified atom stereocenters. The maximum absolute atomic E-state index is 10.8. The average molecular weight is 182 g/mol. The van der Waals surface area contributed by atoms with Crippen molar-refractivity contribution in [2.24, 2.45) is 0 Å². The van der Waals surface area contributed by atoms with Crippen LogP contribution in [0.15, 0.2) is 6.20 Å². The van der Waals surface area contributed by atoms with E-state index >= 15 is 0 Å². The Morgan fingerprint density at radius 1 is 1.69 bits per heavy atom. The smallest absolute Gasteiger partial charge is 0.339 e. The summed E-state index contributed by atoms with van der Waals surface area (Å²) in [6.45, 7) is 6.51. The van der Waals surface area contributed by atoms with E-state index in [1.165, 1.54) is 0 Å². The van der Waals surface area contributed by atoms with Crippen LogP contribution in [0.3, 0.4) is 0 Å². The van der Waals surface area contributed by atoms with Gasteiger partial charge in [0.2, 0.25) is 0 Å². The lowest BCUT2D eigenvalue weighted by Gasteiger charge is -2.00. The second-order valence-electron chi connectivity index (χ2n) is 3.24. The van der Waals surface area contributed by atoms with Gasteiger partial charge in [0.15, 0.2) is 0 Å². The Labute approximate surface area is 77.2 Å². The first-order chi connectivity index (χ1) is 6.06. The van der Waals surface area contributed by atoms with Gasteiger partial charge >= 0.3 is 5.97 Å². The highest BCUT2D eigenvalue weighted by molar-refractivity contribution is 5.88. The molecule has 0 aliphatic rings. The van der Waals surface area contributed by atoms with E-state index in [9.17, 15) is 4.79 Å². The Morgan fingerprint density at radius 3 is 2.62 bits per heavy atom. The van der Waals surface area contributed by atoms with Crippen molar-refractivity contribution in [2.75, 3.05) is 0 Å². The monoisotopic (exact) mass is 182 g/mol. The molecule has 0 fully saturated rings. The Hall–Kier alpha value is -1.32. The van der Waals surface area contributed by atoms with Gasteiger partial charge < -0.3 is 5.11 Å². The van der Waals surface area contributed by atoms with E-state index in [1.807, 2.05) is 20.8 Å². The number of hydrogen-bond acceptors (Lipinski definition) is 2. The van der Waals surface area contributed by atoms with E-state index in [4.69, 9.17) is 5.11 Å². The number of hydrogen-bond donors (Lipinski definition) is 1. The summed E-state index contributed by atoms with van der Waals surface area (Å²) in [6.07, 6.45) is 1.58. The maximum Gasteiger partial charge on any atom is 0.339 e. The quantitative estimate of drug-likeness (QED) is 0.774. The lowest BCUT2D eigenvalue weighted by Crippen LogP contribution is -2.01. The first-order valence-corrected chi connectivity index (χ1v) is 4.36. The zero-order valence-electron chi connectivity index (χ0n) is 8.11. The molecule has 0 saturated heterocycles. The third kappa shape index (κ3) is 1.88. The minimum Gasteiger partial charge on any atom is -0.478 e. The third-order valence-electron chi connectivity index (χ3n) is 1.89. The van der Waals surface area contributed by atoms with Crippen molar-refractivity contribution >= 4 is 5.97 Å². The fourth-order valence-corrected chi connectivity index (χ4v) is 1.19. The lowest BCUT2D eigenvalue weighted by molar-refractivity contribution is 0.0695. The number of aromatic carboxylic acids is 1. The molecule has 0 radical (unpaired) electrons. The van der Waals surface area contributed by atoms with Gasteiger partial charge in [-0.25, -0.2) is 4.79 Å². The van der Waals surface area contributed by atoms with Gasteiger partial charge in [-0.05, 0) is 12.8 Å². The fraction of sp³-hybridized carbons (Fsp3) is 0.556. The van der Waals surface area contributed by atoms with Gasteiger partial charge in [0.1, 0.15) is 5.56 Å². The molecule has 0 aliphatic heterocycles. The second kappa shape index (κ2) is 3.60. The van der Waals surface area contributed by atoms with Crippen LogP contribution >= 0.6 is 0 Å². The number of nitrogens with zero attached hydrogens (tertiary/aromatic N) is 2. The van der Waals surface area contributed by atoms with Crippen molar-refractivity contribution in [1.29, 1.82) is 0 Å². The van der Waals surface area contributed by atoms with Crippen molar-refractivity contribution in [3.05, 3.63) is 17.5 Å². The minimum absolute atomic E-state index is 0.152. The molecule has 1 N–H and O–H groups in total. The van der Waals surface area contributed by atoms with Crippen molar-refractivity contribution < 1.29 is 9.90 Å². The summed E-state index contributed by atoms with van der Waals surface area (Å²) >= 11 is 0. The standard InChI is InChI=1S/C9H14N2O2/c1-4-11-5-7(9(12)13)8(10-11)6(2)3/h5-6H,4H2,1-3H3,(H,12,13). The predicted molar refractivity (Wildman–Crippen MR) is 48.9 cm³/mol. The van der Waals surface area contributed by atoms with Gasteiger partial charge in [-0.2, -0.15) is 5.10 Å². The summed E-state index contributed by atoms with van der Waals surface area (Å²) in [4.78, 5) is 10.8. The Bertz CT molecular complexity index is 315. The molecule has 13 heavy (non-hydrogen) atoms. The molecule has 0 aliphatic carbocycles. The zero-order chi connectivity index (χ0) is 10.0. The summed E-state index contributed by atoms with van der Waals surface area (Å²) in [7, 11) is 0. The molecule has 0 bridgehead atoms. The molecule has 1 heterocycles. The number of rotatable bonds is 3. The van der Waals surface area contributed by atoms with Crippen molar-refractivity contribution in [3.63, 3.8) is 0 Å². The van der Waals surface area contributed by atoms with Gasteiger partial charge in [0.25, 0.3) is 0 Å². The number of carbonyl (C=O) groups is 1. The molecule has 0 aromatic carbocycles. The fourth-order valence-electron chi connectivity index (χ4n) is 1.19. The van der Waals surface area contributed by atoms with Crippen LogP contribution in [-0.2, 0) is 6.54 Å². The highest BCUT2D eigenvalue weighted by atomic mass is 16.4. The molecule has 72 valence electrons. The summed E-state index contributed by atoms with van der Waals surface area (Å²) in [5.41, 5.74) is 0.978. The van der Waals surface area contributed by atoms with Crippen LogP contribution in [0.4, 0.5) is 0 Å². The van der Waals surface area contributed by atoms with Crippen LogP contribution < -0.4 is 0 Å². The zero-order valence-corrected chi connectivity index (χ0v) is 8.11. The van der Waals surface area contributed by atoms with E-state index in [2.05, 4.69) is 5.10 Å². The molecule has 0 atom stereocenters. The normalized spacial score (nSPS) is 10.8. The van der Waals surface area contributed by atoms with Gasteiger partial charge in [0, 0.05) is 12.7 Å². The highest BCUT2D eigenvalue weighted by Gasteiger charge is 2.16. The molecular weight excluding hydrogens is 168 g/mol. The molecule has 0 saturated carbocycles. The van der Waals surface area contributed by atoms with Gasteiger partial charge in [-0.15, -0.1) is 0 Å². The van der Waals surface area contributed by atoms with E-state index in [0.717, 1.165) is 0 Å². The Morgan fingerprint density at radius 2 is 2.31 bits per heavy atom. The summed E-state index contributed by atoms with van der Waals surface area (Å²) < 4.78 is 1.65. The number of carboxylic acids is 1. The van der Waals surface area contributed by atoms with Crippen molar-refractivity contribution in [1.82, 2.24) is 9.78 Å². The molecule has 1 aromatic heterocycles. The van der Waals surface area contributed by atoms with Crippen LogP contribution in [-0.4, -0.2) is 20.9 Å². The SMILES string of the molecule is CCn1cc(C(=O)O)c(C(C)C)n1. The molecule has 1 rings (SSSR count). The number of carboxylic acid groups (broad SMARTS) is 1. The summed E-state index contributed by atoms with van der Waals surface area (Å²) in [5.74, 6) is -0.748. The average Bonchev–Trinajstić information content (AvgIpc) is 2.47. The largest absolute Gasteiger partial charge is 0.478 e. The van der Waals surface area contributed by atoms with Crippen LogP contribution in [0.25, 0.3) is 0 Å². The van der Waals surface area contributed by atoms with Crippen LogP contribution in [0.2, 0.25) is 0 Å². The predicted octanol–water partition coefficient (Wildman–Crippen LogP) is 1.72. The molecule has 4 heteroatoms. The number of aryl methyl sites for hydroxylation is 1. The Kier molecular flexibility index (Phi) is 2.70. The van der Waals surface area contributed by atoms with E-state index in [-0.39, 0.29) is 5.92 Å². The second-order valence-corrected chi connectivity index (χ2v) is 3.24. The van der Waals surface area contributed by atoms with Gasteiger partial charge in [-0.1, -0.05) is 13.8 Å². The summed E-state index contributed by atoms with van der Waals surface area (Å²) in [6, 6.07) is 0. The van der Waals surface area contributed by atoms with Crippen LogP contribution in [0.1, 0.15) is 42.7 Å². The molecule has 1 aromatic rings. The first-order valence-electron chi connectivity index (χ1n) is 4.36.